The van der Waals surface area contributed by atoms with Crippen LogP contribution in [0.1, 0.15) is 96.0 Å². The SMILES string of the molecule is [2H]C(C)(C)c1cc(-n2c(-c3cc(C)cc(C)c3O)nc3c(-c4[c-]c(-c5cc(-c6ccc(C)cc6)ccn5)cc(C(C)(C)C)c4)cccc32)ccc1-c1ccccc1C(C)(C)C.[Pt]. The average molecular weight is 983 g/mol. The van der Waals surface area contributed by atoms with E-state index in [1.54, 1.807) is 0 Å². The molecule has 6 aromatic carbocycles. The summed E-state index contributed by atoms with van der Waals surface area (Å²) in [4.78, 5) is 10.4. The van der Waals surface area contributed by atoms with E-state index in [1.807, 2.05) is 46.0 Å². The summed E-state index contributed by atoms with van der Waals surface area (Å²) in [6.07, 6.45) is 1.88. The van der Waals surface area contributed by atoms with Gasteiger partial charge in [0.15, 0.2) is 0 Å². The Labute approximate surface area is 378 Å². The smallest absolute Gasteiger partial charge is 0.148 e. The van der Waals surface area contributed by atoms with E-state index >= 15 is 0 Å². The van der Waals surface area contributed by atoms with Gasteiger partial charge in [0.05, 0.1) is 16.6 Å². The maximum Gasteiger partial charge on any atom is 0.148 e. The Balaban J connectivity index is 0.00000578. The molecule has 0 aliphatic rings. The minimum atomic E-state index is -0.927. The Kier molecular flexibility index (Phi) is 11.5. The monoisotopic (exact) mass is 982 g/mol. The second-order valence-electron chi connectivity index (χ2n) is 18.7. The number of imidazole rings is 1. The molecule has 2 aromatic heterocycles. The van der Waals surface area contributed by atoms with Gasteiger partial charge >= 0.3 is 0 Å². The second-order valence-corrected chi connectivity index (χ2v) is 18.7. The van der Waals surface area contributed by atoms with E-state index in [1.165, 1.54) is 11.1 Å². The van der Waals surface area contributed by atoms with Crippen LogP contribution in [0.3, 0.4) is 0 Å². The van der Waals surface area contributed by atoms with Gasteiger partial charge in [0, 0.05) is 40.0 Å². The van der Waals surface area contributed by atoms with Crippen LogP contribution in [0.4, 0.5) is 0 Å². The quantitative estimate of drug-likeness (QED) is 0.162. The number of aromatic hydroxyl groups is 1. The molecule has 61 heavy (non-hydrogen) atoms. The Morgan fingerprint density at radius 2 is 1.36 bits per heavy atom. The number of hydrogen-bond acceptors (Lipinski definition) is 3. The molecular weight excluding hydrogens is 926 g/mol. The normalized spacial score (nSPS) is 12.3. The minimum absolute atomic E-state index is 0. The van der Waals surface area contributed by atoms with E-state index in [2.05, 4.69) is 168 Å². The van der Waals surface area contributed by atoms with Crippen LogP contribution in [-0.4, -0.2) is 19.6 Å². The molecule has 0 amide bonds. The molecule has 0 aliphatic heterocycles. The van der Waals surface area contributed by atoms with Crippen LogP contribution in [0.15, 0.2) is 128 Å². The third-order valence-corrected chi connectivity index (χ3v) is 11.6. The summed E-state index contributed by atoms with van der Waals surface area (Å²) in [6.45, 7) is 23.4. The van der Waals surface area contributed by atoms with E-state index in [4.69, 9.17) is 9.97 Å². The van der Waals surface area contributed by atoms with Crippen molar-refractivity contribution in [3.05, 3.63) is 167 Å². The molecule has 8 rings (SSSR count). The molecule has 1 N–H and O–H groups in total. The molecular formula is C56H56N3OPt-. The van der Waals surface area contributed by atoms with Crippen LogP contribution in [0.5, 0.6) is 5.75 Å². The van der Waals surface area contributed by atoms with Crippen molar-refractivity contribution in [3.63, 3.8) is 0 Å². The fraction of sp³-hybridized carbons (Fsp3) is 0.250. The number of aromatic nitrogens is 3. The predicted octanol–water partition coefficient (Wildman–Crippen LogP) is 14.9. The molecule has 4 nitrogen and oxygen atoms in total. The van der Waals surface area contributed by atoms with Gasteiger partial charge in [-0.15, -0.1) is 29.3 Å². The van der Waals surface area contributed by atoms with Crippen molar-refractivity contribution >= 4 is 11.0 Å². The summed E-state index contributed by atoms with van der Waals surface area (Å²) >= 11 is 0. The van der Waals surface area contributed by atoms with Gasteiger partial charge in [0.25, 0.3) is 0 Å². The van der Waals surface area contributed by atoms with E-state index < -0.39 is 5.89 Å². The predicted molar refractivity (Wildman–Crippen MR) is 252 cm³/mol. The van der Waals surface area contributed by atoms with Gasteiger partial charge in [-0.3, -0.25) is 9.55 Å². The molecule has 8 aromatic rings. The summed E-state index contributed by atoms with van der Waals surface area (Å²) in [6, 6.07) is 46.4. The Bertz CT molecular complexity index is 2960. The van der Waals surface area contributed by atoms with E-state index in [0.29, 0.717) is 11.4 Å². The van der Waals surface area contributed by atoms with Crippen molar-refractivity contribution in [1.29, 1.82) is 0 Å². The van der Waals surface area contributed by atoms with Crippen LogP contribution >= 0.6 is 0 Å². The zero-order valence-electron chi connectivity index (χ0n) is 38.2. The van der Waals surface area contributed by atoms with E-state index in [-0.39, 0.29) is 37.6 Å². The molecule has 0 saturated carbocycles. The van der Waals surface area contributed by atoms with Gasteiger partial charge in [-0.1, -0.05) is 151 Å². The van der Waals surface area contributed by atoms with Crippen molar-refractivity contribution in [2.24, 2.45) is 0 Å². The number of rotatable bonds is 7. The van der Waals surface area contributed by atoms with E-state index in [0.717, 1.165) is 83.6 Å². The molecule has 0 unspecified atom stereocenters. The number of aryl methyl sites for hydroxylation is 3. The molecule has 0 atom stereocenters. The van der Waals surface area contributed by atoms with Crippen molar-refractivity contribution < 1.29 is 27.5 Å². The molecule has 0 aliphatic carbocycles. The summed E-state index contributed by atoms with van der Waals surface area (Å²) < 4.78 is 11.6. The van der Waals surface area contributed by atoms with Gasteiger partial charge in [0.2, 0.25) is 0 Å². The first-order valence-electron chi connectivity index (χ1n) is 21.5. The zero-order valence-corrected chi connectivity index (χ0v) is 39.5. The maximum absolute atomic E-state index is 11.8. The number of benzene rings is 6. The molecule has 0 saturated heterocycles. The van der Waals surface area contributed by atoms with Crippen molar-refractivity contribution in [2.45, 2.75) is 92.9 Å². The topological polar surface area (TPSA) is 50.9 Å². The van der Waals surface area contributed by atoms with Gasteiger partial charge in [-0.05, 0) is 112 Å². The van der Waals surface area contributed by atoms with Crippen LogP contribution < -0.4 is 0 Å². The number of fused-ring (bicyclic) bond motifs is 1. The van der Waals surface area contributed by atoms with Crippen LogP contribution in [0, 0.1) is 26.8 Å². The first-order valence-corrected chi connectivity index (χ1v) is 21.0. The first kappa shape index (κ1) is 42.1. The summed E-state index contributed by atoms with van der Waals surface area (Å²) in [7, 11) is 0. The fourth-order valence-electron chi connectivity index (χ4n) is 8.37. The summed E-state index contributed by atoms with van der Waals surface area (Å²) in [5, 5.41) is 11.8. The molecule has 0 spiro atoms. The number of hydrogen-bond donors (Lipinski definition) is 1. The Hall–Kier alpha value is -5.57. The van der Waals surface area contributed by atoms with Gasteiger partial charge in [0.1, 0.15) is 11.6 Å². The maximum atomic E-state index is 11.8. The first-order chi connectivity index (χ1) is 28.8. The third kappa shape index (κ3) is 8.53. The number of pyridine rings is 1. The summed E-state index contributed by atoms with van der Waals surface area (Å²) in [5.41, 5.74) is 17.3. The van der Waals surface area contributed by atoms with Crippen LogP contribution in [-0.2, 0) is 31.9 Å². The largest absolute Gasteiger partial charge is 0.507 e. The molecule has 0 radical (unpaired) electrons. The average Bonchev–Trinajstić information content (AvgIpc) is 3.61. The molecule has 2 heterocycles. The van der Waals surface area contributed by atoms with Gasteiger partial charge in [-0.2, -0.15) is 0 Å². The second kappa shape index (κ2) is 16.7. The Morgan fingerprint density at radius 1 is 0.656 bits per heavy atom. The number of nitrogens with zero attached hydrogens (tertiary/aromatic N) is 3. The number of para-hydroxylation sites is 1. The Morgan fingerprint density at radius 3 is 2.07 bits per heavy atom. The number of phenols is 1. The van der Waals surface area contributed by atoms with Crippen LogP contribution in [0.2, 0.25) is 0 Å². The summed E-state index contributed by atoms with van der Waals surface area (Å²) in [5.74, 6) is -0.101. The zero-order chi connectivity index (χ0) is 43.6. The van der Waals surface area contributed by atoms with Crippen molar-refractivity contribution in [3.8, 4) is 67.5 Å². The van der Waals surface area contributed by atoms with Crippen molar-refractivity contribution in [1.82, 2.24) is 14.5 Å². The molecule has 0 fully saturated rings. The van der Waals surface area contributed by atoms with Crippen molar-refractivity contribution in [2.75, 3.05) is 0 Å². The molecule has 5 heteroatoms. The van der Waals surface area contributed by atoms with E-state index in [9.17, 15) is 6.48 Å². The van der Waals surface area contributed by atoms with Crippen LogP contribution in [0.25, 0.3) is 72.7 Å². The molecule has 0 bridgehead atoms. The third-order valence-electron chi connectivity index (χ3n) is 11.6. The number of phenolic OH excluding ortho intramolecular Hbond substituents is 1. The van der Waals surface area contributed by atoms with Gasteiger partial charge in [-0.25, -0.2) is 4.98 Å². The van der Waals surface area contributed by atoms with Gasteiger partial charge < -0.3 is 5.11 Å². The minimum Gasteiger partial charge on any atom is -0.507 e. The standard InChI is InChI=1S/C56H56N3O.Pt/c1-34(2)47-33-43(23-24-45(47)46-15-12-13-17-49(46)56(9,10)11)59-51-18-14-16-44(52(51)58-54(59)48-28-36(4)27-37(5)53(48)60)40-29-41(31-42(30-40)55(6,7)8)50-32-39(25-26-57-50)38-21-19-35(3)20-22-38;/h12-28,30-34,60H,1-11H3;/q-1;/i34D;. The fourth-order valence-corrected chi connectivity index (χ4v) is 8.37. The molecule has 312 valence electrons.